The largest absolute Gasteiger partial charge is 0.370 e. The molecule has 2 aliphatic carbocycles. The molecule has 19 heavy (non-hydrogen) atoms. The van der Waals surface area contributed by atoms with E-state index in [2.05, 4.69) is 42.4 Å². The number of hydrogen-bond donors (Lipinski definition) is 2. The number of aliphatic imine (C=N–C) groups is 1. The molecule has 0 unspecified atom stereocenters. The number of nitrogens with zero attached hydrogens (tertiary/aromatic N) is 1. The third-order valence-electron chi connectivity index (χ3n) is 4.68. The van der Waals surface area contributed by atoms with Gasteiger partial charge in [0.2, 0.25) is 0 Å². The maximum Gasteiger partial charge on any atom is 0.193 e. The maximum atomic E-state index is 5.99. The first kappa shape index (κ1) is 12.5. The van der Waals surface area contributed by atoms with Crippen molar-refractivity contribution in [2.24, 2.45) is 22.1 Å². The van der Waals surface area contributed by atoms with Crippen molar-refractivity contribution < 1.29 is 0 Å². The van der Waals surface area contributed by atoms with Crippen molar-refractivity contribution >= 4 is 11.6 Å². The Morgan fingerprint density at radius 1 is 1.32 bits per heavy atom. The van der Waals surface area contributed by atoms with Crippen LogP contribution in [-0.2, 0) is 0 Å². The lowest BCUT2D eigenvalue weighted by atomic mass is 10.0. The van der Waals surface area contributed by atoms with Gasteiger partial charge in [0, 0.05) is 12.2 Å². The Balaban J connectivity index is 1.60. The normalized spacial score (nSPS) is 21.3. The summed E-state index contributed by atoms with van der Waals surface area (Å²) in [5.41, 5.74) is 10.1. The standard InChI is InChI=1S/C16H23N3/c1-11-3-6-14(9-12(11)2)19-15(17)18-10-16(7-8-16)13-4-5-13/h3,6,9,13H,4-5,7-8,10H2,1-2H3,(H3,17,18,19). The zero-order chi connectivity index (χ0) is 13.5. The van der Waals surface area contributed by atoms with E-state index < -0.39 is 0 Å². The molecule has 2 fully saturated rings. The molecule has 1 aromatic carbocycles. The Morgan fingerprint density at radius 2 is 2.05 bits per heavy atom. The molecule has 0 atom stereocenters. The Kier molecular flexibility index (Phi) is 3.00. The molecule has 3 N–H and O–H groups in total. The summed E-state index contributed by atoms with van der Waals surface area (Å²) in [6, 6.07) is 6.28. The molecule has 0 aromatic heterocycles. The van der Waals surface area contributed by atoms with Crippen LogP contribution in [0.3, 0.4) is 0 Å². The summed E-state index contributed by atoms with van der Waals surface area (Å²) in [4.78, 5) is 4.55. The van der Waals surface area contributed by atoms with Gasteiger partial charge in [0.25, 0.3) is 0 Å². The lowest BCUT2D eigenvalue weighted by molar-refractivity contribution is 0.454. The number of hydrogen-bond acceptors (Lipinski definition) is 1. The lowest BCUT2D eigenvalue weighted by Gasteiger charge is -2.12. The fraction of sp³-hybridized carbons (Fsp3) is 0.562. The highest BCUT2D eigenvalue weighted by molar-refractivity contribution is 5.92. The van der Waals surface area contributed by atoms with Gasteiger partial charge in [-0.2, -0.15) is 0 Å². The molecule has 0 heterocycles. The fourth-order valence-corrected chi connectivity index (χ4v) is 2.80. The zero-order valence-corrected chi connectivity index (χ0v) is 11.9. The fourth-order valence-electron chi connectivity index (χ4n) is 2.80. The van der Waals surface area contributed by atoms with Gasteiger partial charge in [0.1, 0.15) is 0 Å². The highest BCUT2D eigenvalue weighted by Crippen LogP contribution is 2.61. The highest BCUT2D eigenvalue weighted by Gasteiger charge is 2.53. The van der Waals surface area contributed by atoms with Crippen LogP contribution in [0.2, 0.25) is 0 Å². The molecule has 2 aliphatic rings. The Bertz CT molecular complexity index is 511. The molecule has 0 radical (unpaired) electrons. The van der Waals surface area contributed by atoms with E-state index in [1.54, 1.807) is 0 Å². The molecule has 0 saturated heterocycles. The van der Waals surface area contributed by atoms with Gasteiger partial charge in [0.15, 0.2) is 5.96 Å². The third-order valence-corrected chi connectivity index (χ3v) is 4.68. The highest BCUT2D eigenvalue weighted by atomic mass is 15.1. The van der Waals surface area contributed by atoms with Crippen LogP contribution in [0.15, 0.2) is 23.2 Å². The third kappa shape index (κ3) is 2.75. The minimum atomic E-state index is 0.523. The van der Waals surface area contributed by atoms with Crippen molar-refractivity contribution in [1.29, 1.82) is 0 Å². The second-order valence-electron chi connectivity index (χ2n) is 6.26. The van der Waals surface area contributed by atoms with Crippen molar-refractivity contribution in [3.63, 3.8) is 0 Å². The van der Waals surface area contributed by atoms with E-state index in [-0.39, 0.29) is 0 Å². The van der Waals surface area contributed by atoms with Gasteiger partial charge in [0.05, 0.1) is 0 Å². The van der Waals surface area contributed by atoms with E-state index in [4.69, 9.17) is 5.73 Å². The van der Waals surface area contributed by atoms with Crippen LogP contribution in [0, 0.1) is 25.2 Å². The first-order valence-electron chi connectivity index (χ1n) is 7.23. The van der Waals surface area contributed by atoms with Gasteiger partial charge in [-0.05, 0) is 74.1 Å². The number of anilines is 1. The summed E-state index contributed by atoms with van der Waals surface area (Å²) in [6.07, 6.45) is 5.50. The molecule has 3 rings (SSSR count). The predicted octanol–water partition coefficient (Wildman–Crippen LogP) is 3.22. The van der Waals surface area contributed by atoms with Crippen LogP contribution in [0.5, 0.6) is 0 Å². The van der Waals surface area contributed by atoms with Crippen molar-refractivity contribution in [3.8, 4) is 0 Å². The van der Waals surface area contributed by atoms with E-state index >= 15 is 0 Å². The van der Waals surface area contributed by atoms with Crippen molar-refractivity contribution in [3.05, 3.63) is 29.3 Å². The SMILES string of the molecule is Cc1ccc(NC(N)=NCC2(C3CC3)CC2)cc1C. The summed E-state index contributed by atoms with van der Waals surface area (Å²) < 4.78 is 0. The zero-order valence-electron chi connectivity index (χ0n) is 11.9. The first-order chi connectivity index (χ1) is 9.09. The number of aryl methyl sites for hydroxylation is 2. The average molecular weight is 257 g/mol. The molecule has 2 saturated carbocycles. The molecular weight excluding hydrogens is 234 g/mol. The van der Waals surface area contributed by atoms with E-state index in [9.17, 15) is 0 Å². The maximum absolute atomic E-state index is 5.99. The molecule has 0 aliphatic heterocycles. The van der Waals surface area contributed by atoms with Gasteiger partial charge >= 0.3 is 0 Å². The summed E-state index contributed by atoms with van der Waals surface area (Å²) in [6.45, 7) is 5.13. The number of benzene rings is 1. The molecule has 102 valence electrons. The van der Waals surface area contributed by atoms with Gasteiger partial charge < -0.3 is 11.1 Å². The topological polar surface area (TPSA) is 50.4 Å². The van der Waals surface area contributed by atoms with Crippen LogP contribution in [0.1, 0.15) is 36.8 Å². The van der Waals surface area contributed by atoms with Crippen LogP contribution in [0.25, 0.3) is 0 Å². The van der Waals surface area contributed by atoms with Crippen molar-refractivity contribution in [2.75, 3.05) is 11.9 Å². The first-order valence-corrected chi connectivity index (χ1v) is 7.23. The van der Waals surface area contributed by atoms with E-state index in [0.717, 1.165) is 18.2 Å². The number of rotatable bonds is 4. The number of nitrogens with one attached hydrogen (secondary N) is 1. The number of nitrogens with two attached hydrogens (primary N) is 1. The second-order valence-corrected chi connectivity index (χ2v) is 6.26. The number of guanidine groups is 1. The molecule has 1 aromatic rings. The van der Waals surface area contributed by atoms with Crippen molar-refractivity contribution in [1.82, 2.24) is 0 Å². The van der Waals surface area contributed by atoms with Gasteiger partial charge in [-0.1, -0.05) is 6.07 Å². The van der Waals surface area contributed by atoms with E-state index in [0.29, 0.717) is 11.4 Å². The lowest BCUT2D eigenvalue weighted by Crippen LogP contribution is -2.24. The predicted molar refractivity (Wildman–Crippen MR) is 80.4 cm³/mol. The summed E-state index contributed by atoms with van der Waals surface area (Å²) in [5.74, 6) is 1.49. The molecular formula is C16H23N3. The van der Waals surface area contributed by atoms with Crippen LogP contribution < -0.4 is 11.1 Å². The smallest absolute Gasteiger partial charge is 0.193 e. The average Bonchev–Trinajstić information content (AvgIpc) is 3.25. The quantitative estimate of drug-likeness (QED) is 0.642. The van der Waals surface area contributed by atoms with E-state index in [1.165, 1.54) is 36.8 Å². The van der Waals surface area contributed by atoms with E-state index in [1.807, 2.05) is 0 Å². The molecule has 3 nitrogen and oxygen atoms in total. The minimum Gasteiger partial charge on any atom is -0.370 e. The Labute approximate surface area is 115 Å². The molecule has 0 bridgehead atoms. The molecule has 3 heteroatoms. The van der Waals surface area contributed by atoms with Crippen LogP contribution in [-0.4, -0.2) is 12.5 Å². The Morgan fingerprint density at radius 3 is 2.63 bits per heavy atom. The summed E-state index contributed by atoms with van der Waals surface area (Å²) in [5, 5.41) is 3.20. The van der Waals surface area contributed by atoms with Gasteiger partial charge in [-0.25, -0.2) is 0 Å². The monoisotopic (exact) mass is 257 g/mol. The molecule has 0 amide bonds. The van der Waals surface area contributed by atoms with Crippen molar-refractivity contribution in [2.45, 2.75) is 39.5 Å². The van der Waals surface area contributed by atoms with Crippen LogP contribution in [0.4, 0.5) is 5.69 Å². The summed E-state index contributed by atoms with van der Waals surface area (Å²) in [7, 11) is 0. The van der Waals surface area contributed by atoms with Gasteiger partial charge in [-0.15, -0.1) is 0 Å². The Hall–Kier alpha value is -1.51. The van der Waals surface area contributed by atoms with Gasteiger partial charge in [-0.3, -0.25) is 4.99 Å². The molecule has 0 spiro atoms. The summed E-state index contributed by atoms with van der Waals surface area (Å²) >= 11 is 0. The van der Waals surface area contributed by atoms with Crippen LogP contribution >= 0.6 is 0 Å². The second kappa shape index (κ2) is 4.55. The minimum absolute atomic E-state index is 0.523.